The van der Waals surface area contributed by atoms with E-state index >= 15 is 0 Å². The molecule has 2 N–H and O–H groups in total. The number of non-ortho nitro benzene ring substituents is 1. The van der Waals surface area contributed by atoms with Gasteiger partial charge in [-0.3, -0.25) is 29.8 Å². The standard InChI is InChI=1S/C23H22N4O6/c1-11(2)19-17-18(23(25-19)13-6-4-5-7-14(13)24-22(23)30)21(29)26(20(17)28)15-9-8-12(27(31)32)10-16(15)33-3/h4-11,17-19,25H,1-3H3,(H,24,30)/t17-,18+,19-,23-/m0/s1. The summed E-state index contributed by atoms with van der Waals surface area (Å²) in [6, 6.07) is 10.4. The Kier molecular flexibility index (Phi) is 4.54. The van der Waals surface area contributed by atoms with Gasteiger partial charge in [0.05, 0.1) is 35.6 Å². The van der Waals surface area contributed by atoms with Crippen molar-refractivity contribution in [3.05, 3.63) is 58.1 Å². The summed E-state index contributed by atoms with van der Waals surface area (Å²) in [5.41, 5.74) is -0.253. The summed E-state index contributed by atoms with van der Waals surface area (Å²) in [4.78, 5) is 52.5. The second-order valence-electron chi connectivity index (χ2n) is 8.85. The average Bonchev–Trinajstić information content (AvgIpc) is 3.38. The van der Waals surface area contributed by atoms with Crippen molar-refractivity contribution < 1.29 is 24.0 Å². The number of nitrogens with one attached hydrogen (secondary N) is 2. The van der Waals surface area contributed by atoms with Crippen LogP contribution < -0.4 is 20.3 Å². The predicted octanol–water partition coefficient (Wildman–Crippen LogP) is 2.18. The smallest absolute Gasteiger partial charge is 0.273 e. The number of carbonyl (C=O) groups is 3. The van der Waals surface area contributed by atoms with Crippen molar-refractivity contribution in [2.24, 2.45) is 17.8 Å². The van der Waals surface area contributed by atoms with Crippen molar-refractivity contribution in [3.8, 4) is 5.75 Å². The highest BCUT2D eigenvalue weighted by Crippen LogP contribution is 2.55. The zero-order chi connectivity index (χ0) is 23.7. The third-order valence-corrected chi connectivity index (χ3v) is 6.89. The second-order valence-corrected chi connectivity index (χ2v) is 8.85. The second kappa shape index (κ2) is 7.11. The highest BCUT2D eigenvalue weighted by Gasteiger charge is 2.71. The number of imide groups is 1. The maximum Gasteiger partial charge on any atom is 0.273 e. The number of amides is 3. The van der Waals surface area contributed by atoms with E-state index in [-0.39, 0.29) is 28.9 Å². The summed E-state index contributed by atoms with van der Waals surface area (Å²) >= 11 is 0. The molecular weight excluding hydrogens is 428 g/mol. The van der Waals surface area contributed by atoms with E-state index in [9.17, 15) is 24.5 Å². The van der Waals surface area contributed by atoms with Gasteiger partial charge in [-0.1, -0.05) is 32.0 Å². The van der Waals surface area contributed by atoms with Gasteiger partial charge in [0.1, 0.15) is 11.3 Å². The number of carbonyl (C=O) groups excluding carboxylic acids is 3. The van der Waals surface area contributed by atoms with Crippen LogP contribution in [0.1, 0.15) is 19.4 Å². The molecule has 33 heavy (non-hydrogen) atoms. The number of nitro groups is 1. The molecule has 2 saturated heterocycles. The van der Waals surface area contributed by atoms with Gasteiger partial charge < -0.3 is 10.1 Å². The monoisotopic (exact) mass is 450 g/mol. The number of methoxy groups -OCH3 is 1. The molecule has 2 aromatic rings. The summed E-state index contributed by atoms with van der Waals surface area (Å²) in [5, 5.41) is 17.4. The third kappa shape index (κ3) is 2.67. The zero-order valence-corrected chi connectivity index (χ0v) is 18.2. The molecule has 3 amide bonds. The molecule has 10 heteroatoms. The molecule has 0 saturated carbocycles. The Hall–Kier alpha value is -3.79. The molecule has 0 radical (unpaired) electrons. The highest BCUT2D eigenvalue weighted by atomic mass is 16.6. The average molecular weight is 450 g/mol. The van der Waals surface area contributed by atoms with E-state index in [0.717, 1.165) is 4.90 Å². The van der Waals surface area contributed by atoms with E-state index in [0.29, 0.717) is 11.3 Å². The van der Waals surface area contributed by atoms with E-state index in [2.05, 4.69) is 10.6 Å². The Morgan fingerprint density at radius 3 is 2.52 bits per heavy atom. The summed E-state index contributed by atoms with van der Waals surface area (Å²) in [7, 11) is 1.31. The molecule has 0 aromatic heterocycles. The van der Waals surface area contributed by atoms with Gasteiger partial charge in [0, 0.05) is 23.4 Å². The van der Waals surface area contributed by atoms with Crippen LogP contribution in [0, 0.1) is 27.9 Å². The molecule has 170 valence electrons. The number of para-hydroxylation sites is 1. The number of anilines is 2. The van der Waals surface area contributed by atoms with Gasteiger partial charge in [-0.2, -0.15) is 0 Å². The maximum atomic E-state index is 13.9. The zero-order valence-electron chi connectivity index (χ0n) is 18.2. The number of fused-ring (bicyclic) bond motifs is 4. The summed E-state index contributed by atoms with van der Waals surface area (Å²) in [6.07, 6.45) is 0. The summed E-state index contributed by atoms with van der Waals surface area (Å²) in [6.45, 7) is 3.86. The quantitative estimate of drug-likeness (QED) is 0.415. The maximum absolute atomic E-state index is 13.9. The first-order chi connectivity index (χ1) is 15.7. The molecule has 3 aliphatic rings. The Labute approximate surface area is 189 Å². The number of rotatable bonds is 4. The van der Waals surface area contributed by atoms with Crippen LogP contribution in [0.3, 0.4) is 0 Å². The van der Waals surface area contributed by atoms with Crippen LogP contribution in [0.15, 0.2) is 42.5 Å². The Balaban J connectivity index is 1.67. The van der Waals surface area contributed by atoms with Crippen LogP contribution in [0.25, 0.3) is 0 Å². The van der Waals surface area contributed by atoms with Gasteiger partial charge >= 0.3 is 0 Å². The van der Waals surface area contributed by atoms with Gasteiger partial charge in [-0.25, -0.2) is 4.90 Å². The molecule has 0 aliphatic carbocycles. The molecule has 10 nitrogen and oxygen atoms in total. The van der Waals surface area contributed by atoms with Crippen LogP contribution in [0.5, 0.6) is 5.75 Å². The first kappa shape index (κ1) is 21.1. The lowest BCUT2D eigenvalue weighted by atomic mass is 9.76. The minimum Gasteiger partial charge on any atom is -0.494 e. The molecule has 3 aliphatic heterocycles. The van der Waals surface area contributed by atoms with E-state index in [4.69, 9.17) is 4.74 Å². The van der Waals surface area contributed by atoms with E-state index in [1.807, 2.05) is 13.8 Å². The van der Waals surface area contributed by atoms with Gasteiger partial charge in [0.2, 0.25) is 17.7 Å². The first-order valence-electron chi connectivity index (χ1n) is 10.6. The van der Waals surface area contributed by atoms with Crippen LogP contribution in [-0.4, -0.2) is 35.8 Å². The molecule has 2 aromatic carbocycles. The lowest BCUT2D eigenvalue weighted by Gasteiger charge is -2.30. The van der Waals surface area contributed by atoms with Crippen molar-refractivity contribution in [2.75, 3.05) is 17.3 Å². The normalized spacial score (nSPS) is 27.8. The number of nitro benzene ring substituents is 1. The first-order valence-corrected chi connectivity index (χ1v) is 10.6. The van der Waals surface area contributed by atoms with Crippen molar-refractivity contribution in [3.63, 3.8) is 0 Å². The molecule has 3 heterocycles. The fourth-order valence-corrected chi connectivity index (χ4v) is 5.47. The van der Waals surface area contributed by atoms with Gasteiger partial charge in [-0.05, 0) is 18.1 Å². The van der Waals surface area contributed by atoms with E-state index in [1.165, 1.54) is 25.3 Å². The molecule has 1 spiro atoms. The summed E-state index contributed by atoms with van der Waals surface area (Å²) in [5.74, 6) is -3.15. The van der Waals surface area contributed by atoms with Crippen LogP contribution in [-0.2, 0) is 19.9 Å². The largest absolute Gasteiger partial charge is 0.494 e. The van der Waals surface area contributed by atoms with Gasteiger partial charge in [0.15, 0.2) is 0 Å². The molecule has 0 bridgehead atoms. The van der Waals surface area contributed by atoms with Crippen LogP contribution in [0.4, 0.5) is 17.1 Å². The number of hydrogen-bond donors (Lipinski definition) is 2. The number of hydrogen-bond acceptors (Lipinski definition) is 7. The fraction of sp³-hybridized carbons (Fsp3) is 0.348. The molecule has 0 unspecified atom stereocenters. The number of benzene rings is 2. The van der Waals surface area contributed by atoms with Crippen LogP contribution >= 0.6 is 0 Å². The fourth-order valence-electron chi connectivity index (χ4n) is 5.47. The lowest BCUT2D eigenvalue weighted by Crippen LogP contribution is -2.54. The number of nitrogens with zero attached hydrogens (tertiary/aromatic N) is 2. The van der Waals surface area contributed by atoms with Crippen LogP contribution in [0.2, 0.25) is 0 Å². The van der Waals surface area contributed by atoms with Gasteiger partial charge in [-0.15, -0.1) is 0 Å². The van der Waals surface area contributed by atoms with Crippen molar-refractivity contribution in [2.45, 2.75) is 25.4 Å². The van der Waals surface area contributed by atoms with Crippen molar-refractivity contribution >= 4 is 34.8 Å². The molecule has 2 fully saturated rings. The Morgan fingerprint density at radius 1 is 1.12 bits per heavy atom. The highest BCUT2D eigenvalue weighted by molar-refractivity contribution is 6.26. The summed E-state index contributed by atoms with van der Waals surface area (Å²) < 4.78 is 5.29. The molecule has 5 rings (SSSR count). The topological polar surface area (TPSA) is 131 Å². The van der Waals surface area contributed by atoms with E-state index < -0.39 is 40.2 Å². The SMILES string of the molecule is COc1cc([N+](=O)[O-])ccc1N1C(=O)[C@@H]2[C@H](C(C)C)N[C@]3(C(=O)Nc4ccccc43)[C@H]2C1=O. The number of ether oxygens (including phenoxy) is 1. The predicted molar refractivity (Wildman–Crippen MR) is 118 cm³/mol. The third-order valence-electron chi connectivity index (χ3n) is 6.89. The van der Waals surface area contributed by atoms with Crippen molar-refractivity contribution in [1.82, 2.24) is 5.32 Å². The van der Waals surface area contributed by atoms with Crippen molar-refractivity contribution in [1.29, 1.82) is 0 Å². The molecular formula is C23H22N4O6. The van der Waals surface area contributed by atoms with Gasteiger partial charge in [0.25, 0.3) is 5.69 Å². The Bertz CT molecular complexity index is 1230. The van der Waals surface area contributed by atoms with E-state index in [1.54, 1.807) is 24.3 Å². The minimum absolute atomic E-state index is 0.0326. The molecule has 4 atom stereocenters. The Morgan fingerprint density at radius 2 is 1.85 bits per heavy atom. The lowest BCUT2D eigenvalue weighted by molar-refractivity contribution is -0.384. The minimum atomic E-state index is -1.38.